The van der Waals surface area contributed by atoms with Crippen LogP contribution >= 0.6 is 0 Å². The normalized spacial score (nSPS) is 17.0. The number of aliphatic imine (C=N–C) groups is 2. The predicted molar refractivity (Wildman–Crippen MR) is 138 cm³/mol. The fraction of sp³-hybridized carbons (Fsp3) is 0.273. The molecule has 2 aliphatic rings. The zero-order chi connectivity index (χ0) is 25.3. The van der Waals surface area contributed by atoms with Gasteiger partial charge in [0.15, 0.2) is 11.6 Å². The van der Waals surface area contributed by atoms with Crippen LogP contribution < -0.4 is 21.7 Å². The number of allylic oxidation sites excluding steroid dienone is 8. The summed E-state index contributed by atoms with van der Waals surface area (Å²) in [7, 11) is 3.09. The Morgan fingerprint density at radius 2 is 1.14 bits per heavy atom. The summed E-state index contributed by atoms with van der Waals surface area (Å²) >= 11 is 9.77. The first-order valence-electron chi connectivity index (χ1n) is 10.2. The monoisotopic (exact) mass is 630 g/mol. The Labute approximate surface area is 243 Å². The molecule has 0 atom stereocenters. The Bertz CT molecular complexity index is 911. The number of nitrogens with zero attached hydrogens (tertiary/aromatic N) is 2. The van der Waals surface area contributed by atoms with Gasteiger partial charge in [0, 0.05) is 36.6 Å². The molecular weight excluding hydrogens is 604 g/mol. The maximum atomic E-state index is 11.5. The molecule has 0 aromatic carbocycles. The molecule has 0 heterocycles. The van der Waals surface area contributed by atoms with Gasteiger partial charge in [-0.15, -0.1) is 0 Å². The minimum Gasteiger partial charge on any atom is -0.741 e. The van der Waals surface area contributed by atoms with Crippen molar-refractivity contribution in [3.63, 3.8) is 0 Å². The molecule has 0 saturated heterocycles. The Kier molecular flexibility index (Phi) is 20.3. The summed E-state index contributed by atoms with van der Waals surface area (Å²) in [5.41, 5.74) is 11.7. The maximum Gasteiger partial charge on any atom is 1.00 e. The van der Waals surface area contributed by atoms with E-state index in [4.69, 9.17) is 34.7 Å². The number of rotatable bonds is 8. The van der Waals surface area contributed by atoms with Gasteiger partial charge in [0.25, 0.3) is 0 Å². The molecule has 10 nitrogen and oxygen atoms in total. The minimum absolute atomic E-state index is 0. The van der Waals surface area contributed by atoms with E-state index in [-0.39, 0.29) is 45.7 Å². The van der Waals surface area contributed by atoms with E-state index in [2.05, 4.69) is 31.7 Å². The van der Waals surface area contributed by atoms with Gasteiger partial charge >= 0.3 is 34.1 Å². The predicted octanol–water partition coefficient (Wildman–Crippen LogP) is 1.11. The van der Waals surface area contributed by atoms with Gasteiger partial charge in [0.05, 0.1) is 14.2 Å². The summed E-state index contributed by atoms with van der Waals surface area (Å²) in [4.78, 5) is 30.8. The number of carbonyl (C=O) groups is 2. The fourth-order valence-corrected chi connectivity index (χ4v) is 2.63. The maximum absolute atomic E-state index is 11.5. The standard InChI is InChI=1S/2C11H15N3O2S.2Cu/c2*1-3-12-11(17)14-13-7-8-6-9(16-2)4-5-10(8)15;;/h2*4-7,13H,3H2,1-2H3,(H2,12,14,17);;/q;;2*+1/p-2/b2*8-7-;;. The average molecular weight is 632 g/mol. The molecule has 14 heteroatoms. The second kappa shape index (κ2) is 20.6. The van der Waals surface area contributed by atoms with E-state index in [1.807, 2.05) is 13.8 Å². The second-order valence-corrected chi connectivity index (χ2v) is 6.97. The van der Waals surface area contributed by atoms with Gasteiger partial charge < -0.3 is 56.4 Å². The third kappa shape index (κ3) is 14.1. The van der Waals surface area contributed by atoms with Crippen LogP contribution in [0.5, 0.6) is 0 Å². The molecule has 4 N–H and O–H groups in total. The molecule has 0 amide bonds. The quantitative estimate of drug-likeness (QED) is 0.0774. The van der Waals surface area contributed by atoms with Crippen LogP contribution in [0.1, 0.15) is 13.8 Å². The van der Waals surface area contributed by atoms with Crippen LogP contribution in [0.3, 0.4) is 0 Å². The van der Waals surface area contributed by atoms with Crippen molar-refractivity contribution >= 4 is 47.2 Å². The molecule has 0 aromatic rings. The van der Waals surface area contributed by atoms with Gasteiger partial charge in [0.2, 0.25) is 0 Å². The molecule has 36 heavy (non-hydrogen) atoms. The van der Waals surface area contributed by atoms with Crippen molar-refractivity contribution in [3.05, 3.63) is 71.5 Å². The summed E-state index contributed by atoms with van der Waals surface area (Å²) in [5.74, 6) is 1.05. The van der Waals surface area contributed by atoms with E-state index in [9.17, 15) is 9.59 Å². The Balaban J connectivity index is 0. The number of hydrogen-bond donors (Lipinski definition) is 4. The van der Waals surface area contributed by atoms with Crippen LogP contribution in [-0.2, 0) is 78.5 Å². The average Bonchev–Trinajstić information content (AvgIpc) is 2.82. The smallest absolute Gasteiger partial charge is 0.741 e. The van der Waals surface area contributed by atoms with Crippen LogP contribution in [0.15, 0.2) is 81.5 Å². The largest absolute Gasteiger partial charge is 1.00 e. The molecule has 0 saturated carbocycles. The van der Waals surface area contributed by atoms with Crippen molar-refractivity contribution in [2.75, 3.05) is 27.3 Å². The van der Waals surface area contributed by atoms with Gasteiger partial charge in [-0.2, -0.15) is 0 Å². The van der Waals surface area contributed by atoms with Gasteiger partial charge in [-0.05, 0) is 60.6 Å². The topological polar surface area (TPSA) is 125 Å². The zero-order valence-corrected chi connectivity index (χ0v) is 23.5. The number of nitrogens with one attached hydrogen (secondary N) is 4. The van der Waals surface area contributed by atoms with Crippen LogP contribution in [0.4, 0.5) is 0 Å². The summed E-state index contributed by atoms with van der Waals surface area (Å²) in [6, 6.07) is 0. The van der Waals surface area contributed by atoms with E-state index >= 15 is 0 Å². The van der Waals surface area contributed by atoms with E-state index in [1.54, 1.807) is 38.5 Å². The summed E-state index contributed by atoms with van der Waals surface area (Å²) in [6.07, 6.45) is 12.4. The molecule has 0 aromatic heterocycles. The molecule has 0 radical (unpaired) electrons. The van der Waals surface area contributed by atoms with E-state index in [0.717, 1.165) is 0 Å². The Morgan fingerprint density at radius 3 is 1.44 bits per heavy atom. The van der Waals surface area contributed by atoms with Gasteiger partial charge in [-0.1, -0.05) is 0 Å². The second-order valence-electron chi connectivity index (χ2n) is 6.19. The van der Waals surface area contributed by atoms with Crippen LogP contribution in [-0.4, -0.2) is 49.2 Å². The number of hydrazine groups is 2. The number of methoxy groups -OCH3 is 2. The van der Waals surface area contributed by atoms with Crippen molar-refractivity contribution in [2.45, 2.75) is 13.8 Å². The molecule has 204 valence electrons. The summed E-state index contributed by atoms with van der Waals surface area (Å²) in [5, 5.41) is 0.693. The van der Waals surface area contributed by atoms with E-state index in [1.165, 1.54) is 24.6 Å². The van der Waals surface area contributed by atoms with E-state index in [0.29, 0.717) is 46.1 Å². The van der Waals surface area contributed by atoms with Gasteiger partial charge in [0.1, 0.15) is 11.5 Å². The first-order valence-corrected chi connectivity index (χ1v) is 11.0. The minimum atomic E-state index is -0.0987. The third-order valence-electron chi connectivity index (χ3n) is 3.85. The van der Waals surface area contributed by atoms with Crippen LogP contribution in [0.25, 0.3) is 0 Å². The molecule has 2 rings (SSSR count). The van der Waals surface area contributed by atoms with Crippen LogP contribution in [0, 0.1) is 0 Å². The SMILES string of the molecule is CCN=C([S-])NN/C=C1/C=C(OC)C=CC1=O.CCN=C([S-])NN/C=C1/C=C(OC)C=CC1=O.[Cu+].[Cu+]. The van der Waals surface area contributed by atoms with Crippen molar-refractivity contribution < 1.29 is 53.2 Å². The Hall–Kier alpha value is -2.60. The number of amidine groups is 2. The first kappa shape index (κ1) is 35.6. The molecule has 0 bridgehead atoms. The number of hydrogen-bond acceptors (Lipinski definition) is 10. The van der Waals surface area contributed by atoms with E-state index < -0.39 is 0 Å². The number of ketones is 2. The van der Waals surface area contributed by atoms with Crippen molar-refractivity contribution in [1.82, 2.24) is 21.7 Å². The first-order chi connectivity index (χ1) is 16.3. The van der Waals surface area contributed by atoms with Gasteiger partial charge in [-0.25, -0.2) is 0 Å². The summed E-state index contributed by atoms with van der Waals surface area (Å²) < 4.78 is 10.0. The molecular formula is C22H28Cu2N6O4S2. The number of ether oxygens (including phenoxy) is 2. The van der Waals surface area contributed by atoms with Crippen molar-refractivity contribution in [2.24, 2.45) is 9.98 Å². The van der Waals surface area contributed by atoms with Crippen molar-refractivity contribution in [3.8, 4) is 0 Å². The van der Waals surface area contributed by atoms with Crippen molar-refractivity contribution in [1.29, 1.82) is 0 Å². The third-order valence-corrected chi connectivity index (χ3v) is 4.31. The molecule has 0 spiro atoms. The molecule has 0 fully saturated rings. The molecule has 0 unspecified atom stereocenters. The fourth-order valence-electron chi connectivity index (χ4n) is 2.25. The number of carbonyl (C=O) groups excluding carboxylic acids is 2. The zero-order valence-electron chi connectivity index (χ0n) is 20.0. The Morgan fingerprint density at radius 1 is 0.778 bits per heavy atom. The summed E-state index contributed by atoms with van der Waals surface area (Å²) in [6.45, 7) is 4.99. The van der Waals surface area contributed by atoms with Gasteiger partial charge in [-0.3, -0.25) is 19.6 Å². The molecule has 0 aliphatic heterocycles. The molecule has 2 aliphatic carbocycles. The van der Waals surface area contributed by atoms with Crippen LogP contribution in [0.2, 0.25) is 0 Å².